The van der Waals surface area contributed by atoms with Gasteiger partial charge in [0.2, 0.25) is 0 Å². The molecule has 0 radical (unpaired) electrons. The molecule has 4 heteroatoms. The van der Waals surface area contributed by atoms with Gasteiger partial charge in [-0.15, -0.1) is 11.6 Å². The summed E-state index contributed by atoms with van der Waals surface area (Å²) in [7, 11) is 0. The van der Waals surface area contributed by atoms with Crippen molar-refractivity contribution < 1.29 is 9.63 Å². The smallest absolute Gasteiger partial charge is 0.273 e. The predicted molar refractivity (Wildman–Crippen MR) is 64.3 cm³/mol. The molecule has 0 saturated heterocycles. The highest BCUT2D eigenvalue weighted by Crippen LogP contribution is 2.06. The number of benzene rings is 1. The molecule has 1 N–H and O–H groups in total. The Kier molecular flexibility index (Phi) is 5.29. The zero-order chi connectivity index (χ0) is 12.0. The van der Waals surface area contributed by atoms with E-state index in [4.69, 9.17) is 16.4 Å². The lowest BCUT2D eigenvalue weighted by molar-refractivity contribution is 0.0208. The van der Waals surface area contributed by atoms with Gasteiger partial charge in [0.05, 0.1) is 6.61 Å². The molecule has 0 atom stereocenters. The summed E-state index contributed by atoms with van der Waals surface area (Å²) in [6, 6.07) is 7.10. The minimum absolute atomic E-state index is 0.234. The fraction of sp³-hybridized carbons (Fsp3) is 0.417. The molecule has 0 aliphatic carbocycles. The lowest BCUT2D eigenvalue weighted by Gasteiger charge is -2.07. The molecule has 0 aliphatic heterocycles. The van der Waals surface area contributed by atoms with Crippen molar-refractivity contribution in [3.05, 3.63) is 35.4 Å². The van der Waals surface area contributed by atoms with Crippen LogP contribution in [-0.2, 0) is 10.7 Å². The largest absolute Gasteiger partial charge is 0.274 e. The third-order valence-corrected chi connectivity index (χ3v) is 2.26. The fourth-order valence-corrected chi connectivity index (χ4v) is 1.26. The Morgan fingerprint density at radius 1 is 1.38 bits per heavy atom. The first-order chi connectivity index (χ1) is 7.63. The van der Waals surface area contributed by atoms with Crippen LogP contribution in [0.3, 0.4) is 0 Å². The summed E-state index contributed by atoms with van der Waals surface area (Å²) >= 11 is 5.65. The Morgan fingerprint density at radius 2 is 2.00 bits per heavy atom. The first-order valence-corrected chi connectivity index (χ1v) is 5.74. The molecular formula is C12H16ClNO2. The van der Waals surface area contributed by atoms with Crippen LogP contribution in [0.2, 0.25) is 0 Å². The Morgan fingerprint density at radius 3 is 2.50 bits per heavy atom. The highest BCUT2D eigenvalue weighted by atomic mass is 35.5. The van der Waals surface area contributed by atoms with E-state index in [9.17, 15) is 4.79 Å². The van der Waals surface area contributed by atoms with Gasteiger partial charge in [0, 0.05) is 11.4 Å². The summed E-state index contributed by atoms with van der Waals surface area (Å²) < 4.78 is 0. The maximum atomic E-state index is 11.6. The standard InChI is InChI=1S/C12H16ClNO2/c1-9(2)8-16-14-12(15)11-5-3-10(7-13)4-6-11/h3-6,9H,7-8H2,1-2H3,(H,14,15). The van der Waals surface area contributed by atoms with Gasteiger partial charge in [-0.25, -0.2) is 5.48 Å². The zero-order valence-electron chi connectivity index (χ0n) is 9.50. The minimum Gasteiger partial charge on any atom is -0.273 e. The van der Waals surface area contributed by atoms with Crippen molar-refractivity contribution >= 4 is 17.5 Å². The van der Waals surface area contributed by atoms with Crippen LogP contribution in [0.4, 0.5) is 0 Å². The lowest BCUT2D eigenvalue weighted by atomic mass is 10.1. The molecule has 16 heavy (non-hydrogen) atoms. The predicted octanol–water partition coefficient (Wildman–Crippen LogP) is 2.74. The quantitative estimate of drug-likeness (QED) is 0.636. The van der Waals surface area contributed by atoms with E-state index < -0.39 is 0 Å². The number of hydroxylamine groups is 1. The van der Waals surface area contributed by atoms with Gasteiger partial charge in [-0.05, 0) is 23.6 Å². The van der Waals surface area contributed by atoms with Gasteiger partial charge in [0.25, 0.3) is 5.91 Å². The average Bonchev–Trinajstić information content (AvgIpc) is 2.28. The summed E-state index contributed by atoms with van der Waals surface area (Å²) in [6.45, 7) is 4.54. The Balaban J connectivity index is 2.46. The van der Waals surface area contributed by atoms with Crippen LogP contribution >= 0.6 is 11.6 Å². The topological polar surface area (TPSA) is 38.3 Å². The molecule has 0 aromatic heterocycles. The molecule has 0 heterocycles. The van der Waals surface area contributed by atoms with E-state index in [1.807, 2.05) is 26.0 Å². The number of carbonyl (C=O) groups excluding carboxylic acids is 1. The Bertz CT molecular complexity index is 335. The molecule has 1 rings (SSSR count). The van der Waals surface area contributed by atoms with Crippen molar-refractivity contribution in [2.75, 3.05) is 6.61 Å². The molecule has 88 valence electrons. The van der Waals surface area contributed by atoms with Gasteiger partial charge >= 0.3 is 0 Å². The van der Waals surface area contributed by atoms with Crippen molar-refractivity contribution in [3.8, 4) is 0 Å². The number of alkyl halides is 1. The highest BCUT2D eigenvalue weighted by molar-refractivity contribution is 6.17. The second-order valence-electron chi connectivity index (χ2n) is 3.97. The summed E-state index contributed by atoms with van der Waals surface area (Å²) in [5, 5.41) is 0. The number of rotatable bonds is 5. The van der Waals surface area contributed by atoms with Crippen LogP contribution in [-0.4, -0.2) is 12.5 Å². The van der Waals surface area contributed by atoms with E-state index in [0.717, 1.165) is 5.56 Å². The molecule has 0 spiro atoms. The third kappa shape index (κ3) is 4.21. The van der Waals surface area contributed by atoms with E-state index in [-0.39, 0.29) is 5.91 Å². The van der Waals surface area contributed by atoms with E-state index in [1.165, 1.54) is 0 Å². The van der Waals surface area contributed by atoms with Gasteiger partial charge in [0.1, 0.15) is 0 Å². The van der Waals surface area contributed by atoms with Gasteiger partial charge in [0.15, 0.2) is 0 Å². The van der Waals surface area contributed by atoms with Crippen LogP contribution in [0.15, 0.2) is 24.3 Å². The number of nitrogens with one attached hydrogen (secondary N) is 1. The van der Waals surface area contributed by atoms with Crippen molar-refractivity contribution in [1.82, 2.24) is 5.48 Å². The van der Waals surface area contributed by atoms with Gasteiger partial charge in [-0.2, -0.15) is 0 Å². The van der Waals surface area contributed by atoms with Gasteiger partial charge in [-0.1, -0.05) is 26.0 Å². The summed E-state index contributed by atoms with van der Waals surface area (Å²) in [6.07, 6.45) is 0. The molecule has 0 aliphatic rings. The van der Waals surface area contributed by atoms with E-state index in [1.54, 1.807) is 12.1 Å². The summed E-state index contributed by atoms with van der Waals surface area (Å²) in [5.74, 6) is 0.604. The normalized spacial score (nSPS) is 10.5. The lowest BCUT2D eigenvalue weighted by Crippen LogP contribution is -2.25. The number of amides is 1. The Hall–Kier alpha value is -1.06. The van der Waals surface area contributed by atoms with Gasteiger partial charge in [-0.3, -0.25) is 9.63 Å². The zero-order valence-corrected chi connectivity index (χ0v) is 10.3. The second-order valence-corrected chi connectivity index (χ2v) is 4.23. The molecule has 0 bridgehead atoms. The fourth-order valence-electron chi connectivity index (χ4n) is 1.08. The van der Waals surface area contributed by atoms with E-state index in [2.05, 4.69) is 5.48 Å². The van der Waals surface area contributed by atoms with Crippen LogP contribution in [0.5, 0.6) is 0 Å². The summed E-state index contributed by atoms with van der Waals surface area (Å²) in [5.41, 5.74) is 3.95. The first kappa shape index (κ1) is 13.0. The van der Waals surface area contributed by atoms with Crippen LogP contribution in [0.1, 0.15) is 29.8 Å². The van der Waals surface area contributed by atoms with Crippen molar-refractivity contribution in [3.63, 3.8) is 0 Å². The van der Waals surface area contributed by atoms with Crippen molar-refractivity contribution in [2.45, 2.75) is 19.7 Å². The van der Waals surface area contributed by atoms with Crippen LogP contribution in [0, 0.1) is 5.92 Å². The van der Waals surface area contributed by atoms with E-state index >= 15 is 0 Å². The molecule has 3 nitrogen and oxygen atoms in total. The van der Waals surface area contributed by atoms with E-state index in [0.29, 0.717) is 24.0 Å². The highest BCUT2D eigenvalue weighted by Gasteiger charge is 2.05. The van der Waals surface area contributed by atoms with Crippen molar-refractivity contribution in [2.24, 2.45) is 5.92 Å². The number of halogens is 1. The molecule has 1 aromatic rings. The average molecular weight is 242 g/mol. The SMILES string of the molecule is CC(C)CONC(=O)c1ccc(CCl)cc1. The molecule has 0 fully saturated rings. The van der Waals surface area contributed by atoms with Crippen LogP contribution < -0.4 is 5.48 Å². The number of carbonyl (C=O) groups is 1. The maximum absolute atomic E-state index is 11.6. The third-order valence-electron chi connectivity index (χ3n) is 1.95. The molecule has 1 aromatic carbocycles. The number of hydrogen-bond acceptors (Lipinski definition) is 2. The molecule has 1 amide bonds. The minimum atomic E-state index is -0.234. The second kappa shape index (κ2) is 6.51. The first-order valence-electron chi connectivity index (χ1n) is 5.20. The summed E-state index contributed by atoms with van der Waals surface area (Å²) in [4.78, 5) is 16.6. The molecule has 0 saturated carbocycles. The van der Waals surface area contributed by atoms with Crippen LogP contribution in [0.25, 0.3) is 0 Å². The molecular weight excluding hydrogens is 226 g/mol. The molecule has 0 unspecified atom stereocenters. The van der Waals surface area contributed by atoms with Gasteiger partial charge < -0.3 is 0 Å². The monoisotopic (exact) mass is 241 g/mol. The maximum Gasteiger partial charge on any atom is 0.274 e. The Labute approximate surface area is 101 Å². The number of hydrogen-bond donors (Lipinski definition) is 1. The van der Waals surface area contributed by atoms with Crippen molar-refractivity contribution in [1.29, 1.82) is 0 Å².